The maximum absolute atomic E-state index is 5.99. The van der Waals surface area contributed by atoms with Crippen LogP contribution in [0.2, 0.25) is 5.02 Å². The molecule has 1 aromatic carbocycles. The SMILES string of the molecule is CCc1nc(Cc2cccc(Cl)c2)sc1C(C)N. The van der Waals surface area contributed by atoms with Gasteiger partial charge >= 0.3 is 0 Å². The quantitative estimate of drug-likeness (QED) is 0.920. The fourth-order valence-electron chi connectivity index (χ4n) is 1.92. The molecule has 0 fully saturated rings. The minimum atomic E-state index is 0.0607. The molecule has 4 heteroatoms. The Morgan fingerprint density at radius 1 is 1.44 bits per heavy atom. The molecule has 0 radical (unpaired) electrons. The molecule has 0 saturated heterocycles. The Kier molecular flexibility index (Phi) is 4.38. The first-order valence-corrected chi connectivity index (χ1v) is 7.28. The summed E-state index contributed by atoms with van der Waals surface area (Å²) in [5.74, 6) is 0. The van der Waals surface area contributed by atoms with Crippen LogP contribution >= 0.6 is 22.9 Å². The summed E-state index contributed by atoms with van der Waals surface area (Å²) >= 11 is 7.70. The molecule has 1 aromatic heterocycles. The second-order valence-corrected chi connectivity index (χ2v) is 5.92. The summed E-state index contributed by atoms with van der Waals surface area (Å²) in [5, 5.41) is 1.88. The first-order chi connectivity index (χ1) is 8.60. The molecule has 1 unspecified atom stereocenters. The van der Waals surface area contributed by atoms with Gasteiger partial charge < -0.3 is 5.73 Å². The zero-order chi connectivity index (χ0) is 13.1. The van der Waals surface area contributed by atoms with Crippen LogP contribution in [0.25, 0.3) is 0 Å². The molecule has 0 amide bonds. The molecule has 2 rings (SSSR count). The van der Waals surface area contributed by atoms with Crippen molar-refractivity contribution >= 4 is 22.9 Å². The summed E-state index contributed by atoms with van der Waals surface area (Å²) < 4.78 is 0. The molecule has 1 atom stereocenters. The van der Waals surface area contributed by atoms with Crippen LogP contribution in [0.4, 0.5) is 0 Å². The van der Waals surface area contributed by atoms with Crippen LogP contribution in [-0.2, 0) is 12.8 Å². The molecule has 2 N–H and O–H groups in total. The summed E-state index contributed by atoms with van der Waals surface area (Å²) in [6.45, 7) is 4.12. The number of nitrogens with two attached hydrogens (primary N) is 1. The predicted molar refractivity (Wildman–Crippen MR) is 78.4 cm³/mol. The molecular weight excluding hydrogens is 264 g/mol. The van der Waals surface area contributed by atoms with Gasteiger partial charge in [0.15, 0.2) is 0 Å². The van der Waals surface area contributed by atoms with Gasteiger partial charge in [-0.15, -0.1) is 11.3 Å². The van der Waals surface area contributed by atoms with Gasteiger partial charge in [-0.05, 0) is 31.0 Å². The van der Waals surface area contributed by atoms with Gasteiger partial charge in [0.05, 0.1) is 10.7 Å². The van der Waals surface area contributed by atoms with Crippen LogP contribution in [0, 0.1) is 0 Å². The van der Waals surface area contributed by atoms with E-state index in [4.69, 9.17) is 17.3 Å². The summed E-state index contributed by atoms with van der Waals surface area (Å²) in [6.07, 6.45) is 1.76. The molecule has 0 spiro atoms. The van der Waals surface area contributed by atoms with Crippen molar-refractivity contribution in [2.45, 2.75) is 32.7 Å². The van der Waals surface area contributed by atoms with Gasteiger partial charge in [-0.3, -0.25) is 0 Å². The Hall–Kier alpha value is -0.900. The molecule has 2 aromatic rings. The largest absolute Gasteiger partial charge is 0.323 e. The molecule has 0 aliphatic rings. The summed E-state index contributed by atoms with van der Waals surface area (Å²) in [4.78, 5) is 5.87. The third kappa shape index (κ3) is 3.10. The van der Waals surface area contributed by atoms with Gasteiger partial charge in [-0.25, -0.2) is 4.98 Å². The smallest absolute Gasteiger partial charge is 0.0975 e. The Bertz CT molecular complexity index is 534. The Balaban J connectivity index is 2.24. The van der Waals surface area contributed by atoms with Gasteiger partial charge in [0.2, 0.25) is 0 Å². The zero-order valence-corrected chi connectivity index (χ0v) is 12.2. The van der Waals surface area contributed by atoms with E-state index in [9.17, 15) is 0 Å². The van der Waals surface area contributed by atoms with E-state index in [1.807, 2.05) is 25.1 Å². The van der Waals surface area contributed by atoms with E-state index in [2.05, 4.69) is 18.0 Å². The molecule has 96 valence electrons. The number of halogens is 1. The summed E-state index contributed by atoms with van der Waals surface area (Å²) in [6, 6.07) is 7.98. The fraction of sp³-hybridized carbons (Fsp3) is 0.357. The Morgan fingerprint density at radius 3 is 2.78 bits per heavy atom. The third-order valence-electron chi connectivity index (χ3n) is 2.76. The molecule has 0 saturated carbocycles. The molecule has 0 aliphatic heterocycles. The number of hydrogen-bond acceptors (Lipinski definition) is 3. The highest BCUT2D eigenvalue weighted by Crippen LogP contribution is 2.26. The molecule has 1 heterocycles. The first-order valence-electron chi connectivity index (χ1n) is 6.08. The van der Waals surface area contributed by atoms with Crippen LogP contribution in [0.5, 0.6) is 0 Å². The molecule has 2 nitrogen and oxygen atoms in total. The van der Waals surface area contributed by atoms with E-state index in [0.29, 0.717) is 0 Å². The van der Waals surface area contributed by atoms with Crippen molar-refractivity contribution in [2.24, 2.45) is 5.73 Å². The highest BCUT2D eigenvalue weighted by Gasteiger charge is 2.13. The second kappa shape index (κ2) is 5.83. The summed E-state index contributed by atoms with van der Waals surface area (Å²) in [7, 11) is 0. The van der Waals surface area contributed by atoms with E-state index in [-0.39, 0.29) is 6.04 Å². The topological polar surface area (TPSA) is 38.9 Å². The molecule has 0 bridgehead atoms. The van der Waals surface area contributed by atoms with Crippen molar-refractivity contribution in [3.63, 3.8) is 0 Å². The molecule has 0 aliphatic carbocycles. The van der Waals surface area contributed by atoms with Crippen molar-refractivity contribution in [2.75, 3.05) is 0 Å². The monoisotopic (exact) mass is 280 g/mol. The van der Waals surface area contributed by atoms with E-state index < -0.39 is 0 Å². The van der Waals surface area contributed by atoms with Crippen molar-refractivity contribution in [3.05, 3.63) is 50.4 Å². The number of aryl methyl sites for hydroxylation is 1. The van der Waals surface area contributed by atoms with Gasteiger partial charge in [0.25, 0.3) is 0 Å². The van der Waals surface area contributed by atoms with Crippen LogP contribution in [0.3, 0.4) is 0 Å². The number of thiazole rings is 1. The number of benzene rings is 1. The van der Waals surface area contributed by atoms with Crippen LogP contribution < -0.4 is 5.73 Å². The highest BCUT2D eigenvalue weighted by atomic mass is 35.5. The fourth-order valence-corrected chi connectivity index (χ4v) is 3.28. The first kappa shape index (κ1) is 13.5. The number of rotatable bonds is 4. The zero-order valence-electron chi connectivity index (χ0n) is 10.6. The minimum Gasteiger partial charge on any atom is -0.323 e. The average Bonchev–Trinajstić information content (AvgIpc) is 2.72. The Morgan fingerprint density at radius 2 is 2.22 bits per heavy atom. The van der Waals surface area contributed by atoms with Crippen LogP contribution in [0.1, 0.15) is 41.0 Å². The molecule has 18 heavy (non-hydrogen) atoms. The number of nitrogens with zero attached hydrogens (tertiary/aromatic N) is 1. The van der Waals surface area contributed by atoms with Crippen molar-refractivity contribution < 1.29 is 0 Å². The Labute approximate surface area is 117 Å². The van der Waals surface area contributed by atoms with Gasteiger partial charge in [0.1, 0.15) is 0 Å². The lowest BCUT2D eigenvalue weighted by atomic mass is 10.1. The van der Waals surface area contributed by atoms with Crippen LogP contribution in [0.15, 0.2) is 24.3 Å². The van der Waals surface area contributed by atoms with E-state index >= 15 is 0 Å². The standard InChI is InChI=1S/C14H17ClN2S/c1-3-12-14(9(2)16)18-13(17-12)8-10-5-4-6-11(15)7-10/h4-7,9H,3,8,16H2,1-2H3. The van der Waals surface area contributed by atoms with Crippen molar-refractivity contribution in [1.82, 2.24) is 4.98 Å². The lowest BCUT2D eigenvalue weighted by Crippen LogP contribution is -2.05. The van der Waals surface area contributed by atoms with E-state index in [1.165, 1.54) is 10.4 Å². The van der Waals surface area contributed by atoms with E-state index in [0.717, 1.165) is 28.6 Å². The molecular formula is C14H17ClN2S. The normalized spacial score (nSPS) is 12.7. The lowest BCUT2D eigenvalue weighted by Gasteiger charge is -2.01. The van der Waals surface area contributed by atoms with Crippen LogP contribution in [-0.4, -0.2) is 4.98 Å². The number of hydrogen-bond donors (Lipinski definition) is 1. The maximum Gasteiger partial charge on any atom is 0.0975 e. The third-order valence-corrected chi connectivity index (χ3v) is 4.30. The lowest BCUT2D eigenvalue weighted by molar-refractivity contribution is 0.812. The van der Waals surface area contributed by atoms with Crippen molar-refractivity contribution in [1.29, 1.82) is 0 Å². The van der Waals surface area contributed by atoms with Gasteiger partial charge in [0, 0.05) is 22.4 Å². The highest BCUT2D eigenvalue weighted by molar-refractivity contribution is 7.11. The number of aromatic nitrogens is 1. The maximum atomic E-state index is 5.99. The predicted octanol–water partition coefficient (Wildman–Crippen LogP) is 3.97. The minimum absolute atomic E-state index is 0.0607. The van der Waals surface area contributed by atoms with E-state index in [1.54, 1.807) is 11.3 Å². The van der Waals surface area contributed by atoms with Crippen molar-refractivity contribution in [3.8, 4) is 0 Å². The summed E-state index contributed by atoms with van der Waals surface area (Å²) in [5.41, 5.74) is 8.29. The second-order valence-electron chi connectivity index (χ2n) is 4.37. The average molecular weight is 281 g/mol. The van der Waals surface area contributed by atoms with Gasteiger partial charge in [-0.1, -0.05) is 30.7 Å². The van der Waals surface area contributed by atoms with Gasteiger partial charge in [-0.2, -0.15) is 0 Å².